The van der Waals surface area contributed by atoms with Crippen molar-refractivity contribution in [2.45, 2.75) is 73.6 Å². The maximum atomic E-state index is 2.39. The average Bonchev–Trinajstić information content (AvgIpc) is 2.22. The number of rotatable bonds is 8. The second-order valence-electron chi connectivity index (χ2n) is 5.58. The SMILES string of the molecule is CCC(C)CCC(CC)C(CC)C(C)C. The summed E-state index contributed by atoms with van der Waals surface area (Å²) >= 11 is 0. The molecule has 3 unspecified atom stereocenters. The molecule has 0 nitrogen and oxygen atoms in total. The molecule has 0 heteroatoms. The van der Waals surface area contributed by atoms with Gasteiger partial charge in [0.15, 0.2) is 0 Å². The molecule has 0 fully saturated rings. The van der Waals surface area contributed by atoms with Gasteiger partial charge in [0.1, 0.15) is 0 Å². The minimum Gasteiger partial charge on any atom is -0.0651 e. The molecule has 0 saturated carbocycles. The van der Waals surface area contributed by atoms with Gasteiger partial charge in [0.2, 0.25) is 0 Å². The van der Waals surface area contributed by atoms with Crippen LogP contribution in [0.3, 0.4) is 0 Å². The first kappa shape index (κ1) is 15.0. The molecule has 0 aliphatic carbocycles. The van der Waals surface area contributed by atoms with Gasteiger partial charge in [0.05, 0.1) is 0 Å². The van der Waals surface area contributed by atoms with Crippen molar-refractivity contribution in [2.75, 3.05) is 0 Å². The normalized spacial score (nSPS) is 17.8. The zero-order valence-corrected chi connectivity index (χ0v) is 11.8. The summed E-state index contributed by atoms with van der Waals surface area (Å²) in [5.74, 6) is 3.68. The molecule has 0 aromatic rings. The molecule has 0 aromatic heterocycles. The van der Waals surface area contributed by atoms with Gasteiger partial charge in [-0.3, -0.25) is 0 Å². The Kier molecular flexibility index (Phi) is 8.19. The second kappa shape index (κ2) is 8.19. The molecule has 0 heterocycles. The lowest BCUT2D eigenvalue weighted by Crippen LogP contribution is -2.19. The van der Waals surface area contributed by atoms with Gasteiger partial charge in [-0.25, -0.2) is 0 Å². The zero-order chi connectivity index (χ0) is 11.8. The van der Waals surface area contributed by atoms with Crippen molar-refractivity contribution in [3.63, 3.8) is 0 Å². The Morgan fingerprint density at radius 2 is 1.33 bits per heavy atom. The molecule has 0 radical (unpaired) electrons. The van der Waals surface area contributed by atoms with Crippen LogP contribution in [0.4, 0.5) is 0 Å². The Balaban J connectivity index is 4.09. The van der Waals surface area contributed by atoms with Crippen LogP contribution in [-0.4, -0.2) is 0 Å². The van der Waals surface area contributed by atoms with E-state index in [1.807, 2.05) is 0 Å². The topological polar surface area (TPSA) is 0 Å². The van der Waals surface area contributed by atoms with Crippen LogP contribution < -0.4 is 0 Å². The molecule has 0 aliphatic rings. The van der Waals surface area contributed by atoms with Crippen molar-refractivity contribution in [3.05, 3.63) is 0 Å². The lowest BCUT2D eigenvalue weighted by atomic mass is 9.77. The maximum absolute atomic E-state index is 2.39. The number of hydrogen-bond acceptors (Lipinski definition) is 0. The predicted molar refractivity (Wildman–Crippen MR) is 71.1 cm³/mol. The van der Waals surface area contributed by atoms with E-state index in [2.05, 4.69) is 41.5 Å². The summed E-state index contributed by atoms with van der Waals surface area (Å²) in [6.07, 6.45) is 6.94. The molecule has 0 spiro atoms. The van der Waals surface area contributed by atoms with E-state index in [9.17, 15) is 0 Å². The minimum absolute atomic E-state index is 0.858. The van der Waals surface area contributed by atoms with Crippen LogP contribution in [0.25, 0.3) is 0 Å². The van der Waals surface area contributed by atoms with E-state index in [1.165, 1.54) is 32.1 Å². The molecule has 0 bridgehead atoms. The Labute approximate surface area is 97.8 Å². The summed E-state index contributed by atoms with van der Waals surface area (Å²) in [7, 11) is 0. The van der Waals surface area contributed by atoms with Crippen molar-refractivity contribution < 1.29 is 0 Å². The first-order valence-electron chi connectivity index (χ1n) is 7.06. The summed E-state index contributed by atoms with van der Waals surface area (Å²) in [5.41, 5.74) is 0. The van der Waals surface area contributed by atoms with Gasteiger partial charge in [0, 0.05) is 0 Å². The van der Waals surface area contributed by atoms with Crippen molar-refractivity contribution in [1.29, 1.82) is 0 Å². The fraction of sp³-hybridized carbons (Fsp3) is 1.00. The van der Waals surface area contributed by atoms with Crippen LogP contribution in [-0.2, 0) is 0 Å². The van der Waals surface area contributed by atoms with Gasteiger partial charge in [-0.15, -0.1) is 0 Å². The highest BCUT2D eigenvalue weighted by atomic mass is 14.3. The standard InChI is InChI=1S/C15H32/c1-7-13(6)10-11-14(8-2)15(9-3)12(4)5/h12-15H,7-11H2,1-6H3. The van der Waals surface area contributed by atoms with Crippen molar-refractivity contribution in [2.24, 2.45) is 23.7 Å². The summed E-state index contributed by atoms with van der Waals surface area (Å²) < 4.78 is 0. The minimum atomic E-state index is 0.858. The molecule has 0 saturated heterocycles. The van der Waals surface area contributed by atoms with Crippen LogP contribution in [0.5, 0.6) is 0 Å². The molecule has 0 amide bonds. The first-order valence-corrected chi connectivity index (χ1v) is 7.06. The van der Waals surface area contributed by atoms with Crippen molar-refractivity contribution in [1.82, 2.24) is 0 Å². The van der Waals surface area contributed by atoms with E-state index in [0.717, 1.165) is 23.7 Å². The Hall–Kier alpha value is 0. The molecule has 15 heavy (non-hydrogen) atoms. The quantitative estimate of drug-likeness (QED) is 0.497. The van der Waals surface area contributed by atoms with Gasteiger partial charge < -0.3 is 0 Å². The highest BCUT2D eigenvalue weighted by molar-refractivity contribution is 4.71. The molecule has 0 rings (SSSR count). The van der Waals surface area contributed by atoms with Crippen LogP contribution in [0.15, 0.2) is 0 Å². The Morgan fingerprint density at radius 3 is 1.67 bits per heavy atom. The lowest BCUT2D eigenvalue weighted by molar-refractivity contribution is 0.213. The molecule has 92 valence electrons. The van der Waals surface area contributed by atoms with Gasteiger partial charge in [-0.05, 0) is 30.1 Å². The van der Waals surface area contributed by atoms with Gasteiger partial charge in [-0.2, -0.15) is 0 Å². The van der Waals surface area contributed by atoms with E-state index in [-0.39, 0.29) is 0 Å². The molecule has 0 aliphatic heterocycles. The summed E-state index contributed by atoms with van der Waals surface area (Å²) in [6.45, 7) is 14.2. The summed E-state index contributed by atoms with van der Waals surface area (Å²) in [6, 6.07) is 0. The first-order chi connectivity index (χ1) is 7.06. The van der Waals surface area contributed by atoms with Crippen molar-refractivity contribution in [3.8, 4) is 0 Å². The summed E-state index contributed by atoms with van der Waals surface area (Å²) in [5, 5.41) is 0. The highest BCUT2D eigenvalue weighted by Gasteiger charge is 2.21. The maximum Gasteiger partial charge on any atom is -0.0365 e. The van der Waals surface area contributed by atoms with Crippen LogP contribution in [0.2, 0.25) is 0 Å². The summed E-state index contributed by atoms with van der Waals surface area (Å²) in [4.78, 5) is 0. The van der Waals surface area contributed by atoms with E-state index < -0.39 is 0 Å². The fourth-order valence-corrected chi connectivity index (χ4v) is 2.77. The third-order valence-electron chi connectivity index (χ3n) is 4.18. The largest absolute Gasteiger partial charge is 0.0651 e. The third kappa shape index (κ3) is 5.58. The Morgan fingerprint density at radius 1 is 0.733 bits per heavy atom. The molecule has 0 aromatic carbocycles. The molecular formula is C15H32. The smallest absolute Gasteiger partial charge is 0.0365 e. The Bertz CT molecular complexity index is 137. The average molecular weight is 212 g/mol. The fourth-order valence-electron chi connectivity index (χ4n) is 2.77. The van der Waals surface area contributed by atoms with Crippen LogP contribution >= 0.6 is 0 Å². The molecular weight excluding hydrogens is 180 g/mol. The molecule has 0 N–H and O–H groups in total. The van der Waals surface area contributed by atoms with Crippen molar-refractivity contribution >= 4 is 0 Å². The highest BCUT2D eigenvalue weighted by Crippen LogP contribution is 2.31. The third-order valence-corrected chi connectivity index (χ3v) is 4.18. The van der Waals surface area contributed by atoms with Gasteiger partial charge >= 0.3 is 0 Å². The van der Waals surface area contributed by atoms with Crippen LogP contribution in [0.1, 0.15) is 73.6 Å². The lowest BCUT2D eigenvalue weighted by Gasteiger charge is -2.29. The molecule has 3 atom stereocenters. The van der Waals surface area contributed by atoms with E-state index in [0.29, 0.717) is 0 Å². The van der Waals surface area contributed by atoms with Crippen LogP contribution in [0, 0.1) is 23.7 Å². The monoisotopic (exact) mass is 212 g/mol. The predicted octanol–water partition coefficient (Wildman–Crippen LogP) is 5.52. The van der Waals surface area contributed by atoms with Gasteiger partial charge in [-0.1, -0.05) is 67.2 Å². The van der Waals surface area contributed by atoms with E-state index in [4.69, 9.17) is 0 Å². The van der Waals surface area contributed by atoms with Gasteiger partial charge in [0.25, 0.3) is 0 Å². The van der Waals surface area contributed by atoms with E-state index >= 15 is 0 Å². The van der Waals surface area contributed by atoms with E-state index in [1.54, 1.807) is 0 Å². The zero-order valence-electron chi connectivity index (χ0n) is 11.8. The second-order valence-corrected chi connectivity index (χ2v) is 5.58. The number of hydrogen-bond donors (Lipinski definition) is 0.